The second-order valence-corrected chi connectivity index (χ2v) is 7.43. The zero-order valence-electron chi connectivity index (χ0n) is 12.0. The van der Waals surface area contributed by atoms with Crippen LogP contribution in [0.5, 0.6) is 0 Å². The number of benzene rings is 1. The predicted molar refractivity (Wildman–Crippen MR) is 79.6 cm³/mol. The molecule has 1 saturated heterocycles. The third kappa shape index (κ3) is 3.20. The Morgan fingerprint density at radius 2 is 1.90 bits per heavy atom. The van der Waals surface area contributed by atoms with Crippen LogP contribution in [-0.4, -0.2) is 43.3 Å². The average Bonchev–Trinajstić information content (AvgIpc) is 2.79. The third-order valence-electron chi connectivity index (χ3n) is 3.86. The van der Waals surface area contributed by atoms with Crippen LogP contribution < -0.4 is 0 Å². The Bertz CT molecular complexity index is 578. The zero-order valence-corrected chi connectivity index (χ0v) is 12.8. The van der Waals surface area contributed by atoms with Gasteiger partial charge in [-0.3, -0.25) is 4.79 Å². The fourth-order valence-electron chi connectivity index (χ4n) is 2.64. The lowest BCUT2D eigenvalue weighted by Crippen LogP contribution is -2.40. The van der Waals surface area contributed by atoms with Crippen molar-refractivity contribution in [1.82, 2.24) is 4.90 Å². The lowest BCUT2D eigenvalue weighted by atomic mass is 10.1. The molecule has 1 atom stereocenters. The van der Waals surface area contributed by atoms with Crippen molar-refractivity contribution in [3.63, 3.8) is 0 Å². The van der Waals surface area contributed by atoms with Crippen molar-refractivity contribution >= 4 is 15.7 Å². The SMILES string of the molecule is CCc1ccc(C(=O)N(CC)[C@H]2CCS(=O)(=O)C2)cc1. The van der Waals surface area contributed by atoms with E-state index >= 15 is 0 Å². The molecular weight excluding hydrogens is 274 g/mol. The maximum atomic E-state index is 12.5. The number of carbonyl (C=O) groups excluding carboxylic acids is 1. The van der Waals surface area contributed by atoms with Crippen molar-refractivity contribution < 1.29 is 13.2 Å². The number of aryl methyl sites for hydroxylation is 1. The molecule has 0 aliphatic carbocycles. The first kappa shape index (κ1) is 15.0. The number of carbonyl (C=O) groups is 1. The van der Waals surface area contributed by atoms with Crippen LogP contribution >= 0.6 is 0 Å². The summed E-state index contributed by atoms with van der Waals surface area (Å²) in [6.45, 7) is 4.50. The van der Waals surface area contributed by atoms with Gasteiger partial charge in [0.15, 0.2) is 9.84 Å². The quantitative estimate of drug-likeness (QED) is 0.852. The molecular formula is C15H21NO3S. The summed E-state index contributed by atoms with van der Waals surface area (Å²) in [5.74, 6) is 0.216. The summed E-state index contributed by atoms with van der Waals surface area (Å²) in [5.41, 5.74) is 1.82. The lowest BCUT2D eigenvalue weighted by Gasteiger charge is -2.27. The number of nitrogens with zero attached hydrogens (tertiary/aromatic N) is 1. The van der Waals surface area contributed by atoms with Gasteiger partial charge in [0.1, 0.15) is 0 Å². The second-order valence-electron chi connectivity index (χ2n) is 5.20. The number of rotatable bonds is 4. The Morgan fingerprint density at radius 1 is 1.25 bits per heavy atom. The van der Waals surface area contributed by atoms with Gasteiger partial charge in [-0.2, -0.15) is 0 Å². The fourth-order valence-corrected chi connectivity index (χ4v) is 4.37. The summed E-state index contributed by atoms with van der Waals surface area (Å²) in [5, 5.41) is 0. The van der Waals surface area contributed by atoms with Crippen molar-refractivity contribution in [2.45, 2.75) is 32.7 Å². The summed E-state index contributed by atoms with van der Waals surface area (Å²) < 4.78 is 23.1. The van der Waals surface area contributed by atoms with Crippen LogP contribution in [0.15, 0.2) is 24.3 Å². The predicted octanol–water partition coefficient (Wildman–Crippen LogP) is 1.90. The summed E-state index contributed by atoms with van der Waals surface area (Å²) in [6, 6.07) is 7.38. The molecule has 1 amide bonds. The van der Waals surface area contributed by atoms with Gasteiger partial charge >= 0.3 is 0 Å². The topological polar surface area (TPSA) is 54.5 Å². The third-order valence-corrected chi connectivity index (χ3v) is 5.61. The van der Waals surface area contributed by atoms with Gasteiger partial charge in [-0.25, -0.2) is 8.42 Å². The lowest BCUT2D eigenvalue weighted by molar-refractivity contribution is 0.0708. The van der Waals surface area contributed by atoms with Crippen LogP contribution in [0.4, 0.5) is 0 Å². The molecule has 1 fully saturated rings. The van der Waals surface area contributed by atoms with E-state index in [0.29, 0.717) is 18.5 Å². The molecule has 0 unspecified atom stereocenters. The van der Waals surface area contributed by atoms with Gasteiger partial charge in [0.2, 0.25) is 0 Å². The van der Waals surface area contributed by atoms with E-state index in [2.05, 4.69) is 6.92 Å². The number of amides is 1. The minimum Gasteiger partial charge on any atom is -0.335 e. The van der Waals surface area contributed by atoms with E-state index in [1.807, 2.05) is 31.2 Å². The average molecular weight is 295 g/mol. The maximum absolute atomic E-state index is 12.5. The van der Waals surface area contributed by atoms with E-state index in [0.717, 1.165) is 6.42 Å². The number of hydrogen-bond donors (Lipinski definition) is 0. The zero-order chi connectivity index (χ0) is 14.8. The minimum atomic E-state index is -2.97. The van der Waals surface area contributed by atoms with Crippen LogP contribution in [0.25, 0.3) is 0 Å². The van der Waals surface area contributed by atoms with Crippen LogP contribution in [0.1, 0.15) is 36.2 Å². The van der Waals surface area contributed by atoms with E-state index < -0.39 is 9.84 Å². The number of sulfone groups is 1. The highest BCUT2D eigenvalue weighted by Gasteiger charge is 2.34. The first-order valence-corrected chi connectivity index (χ1v) is 8.89. The Kier molecular flexibility index (Phi) is 4.48. The molecule has 0 bridgehead atoms. The highest BCUT2D eigenvalue weighted by atomic mass is 32.2. The first-order chi connectivity index (χ1) is 9.46. The molecule has 0 N–H and O–H groups in total. The molecule has 2 rings (SSSR count). The summed E-state index contributed by atoms with van der Waals surface area (Å²) >= 11 is 0. The molecule has 0 spiro atoms. The molecule has 1 aliphatic rings. The normalized spacial score (nSPS) is 20.8. The van der Waals surface area contributed by atoms with Gasteiger partial charge in [0.05, 0.1) is 11.5 Å². The van der Waals surface area contributed by atoms with Gasteiger partial charge in [-0.05, 0) is 37.5 Å². The van der Waals surface area contributed by atoms with Crippen LogP contribution in [0.3, 0.4) is 0 Å². The van der Waals surface area contributed by atoms with Crippen molar-refractivity contribution in [1.29, 1.82) is 0 Å². The van der Waals surface area contributed by atoms with E-state index in [1.54, 1.807) is 4.90 Å². The molecule has 4 nitrogen and oxygen atoms in total. The molecule has 0 saturated carbocycles. The van der Waals surface area contributed by atoms with Crippen molar-refractivity contribution in [3.05, 3.63) is 35.4 Å². The molecule has 20 heavy (non-hydrogen) atoms. The smallest absolute Gasteiger partial charge is 0.254 e. The summed E-state index contributed by atoms with van der Waals surface area (Å²) in [4.78, 5) is 14.2. The van der Waals surface area contributed by atoms with Gasteiger partial charge in [0, 0.05) is 18.2 Å². The van der Waals surface area contributed by atoms with Crippen LogP contribution in [0.2, 0.25) is 0 Å². The van der Waals surface area contributed by atoms with Crippen LogP contribution in [0, 0.1) is 0 Å². The Morgan fingerprint density at radius 3 is 2.35 bits per heavy atom. The van der Waals surface area contributed by atoms with Crippen molar-refractivity contribution in [2.75, 3.05) is 18.1 Å². The largest absolute Gasteiger partial charge is 0.335 e. The van der Waals surface area contributed by atoms with E-state index in [4.69, 9.17) is 0 Å². The Balaban J connectivity index is 2.16. The molecule has 110 valence electrons. The van der Waals surface area contributed by atoms with Crippen LogP contribution in [-0.2, 0) is 16.3 Å². The molecule has 0 aromatic heterocycles. The Hall–Kier alpha value is -1.36. The number of hydrogen-bond acceptors (Lipinski definition) is 3. The first-order valence-electron chi connectivity index (χ1n) is 7.07. The van der Waals surface area contributed by atoms with E-state index in [-0.39, 0.29) is 23.5 Å². The van der Waals surface area contributed by atoms with E-state index in [9.17, 15) is 13.2 Å². The van der Waals surface area contributed by atoms with Gasteiger partial charge < -0.3 is 4.90 Å². The molecule has 1 aromatic rings. The Labute approximate surface area is 120 Å². The molecule has 1 aliphatic heterocycles. The van der Waals surface area contributed by atoms with Crippen molar-refractivity contribution in [2.24, 2.45) is 0 Å². The highest BCUT2D eigenvalue weighted by molar-refractivity contribution is 7.91. The monoisotopic (exact) mass is 295 g/mol. The van der Waals surface area contributed by atoms with E-state index in [1.165, 1.54) is 5.56 Å². The van der Waals surface area contributed by atoms with Gasteiger partial charge in [0.25, 0.3) is 5.91 Å². The van der Waals surface area contributed by atoms with Gasteiger partial charge in [-0.15, -0.1) is 0 Å². The highest BCUT2D eigenvalue weighted by Crippen LogP contribution is 2.20. The molecule has 1 heterocycles. The summed E-state index contributed by atoms with van der Waals surface area (Å²) in [7, 11) is -2.97. The molecule has 5 heteroatoms. The molecule has 0 radical (unpaired) electrons. The minimum absolute atomic E-state index is 0.0720. The maximum Gasteiger partial charge on any atom is 0.254 e. The second kappa shape index (κ2) is 5.95. The fraction of sp³-hybridized carbons (Fsp3) is 0.533. The summed E-state index contributed by atoms with van der Waals surface area (Å²) in [6.07, 6.45) is 1.49. The van der Waals surface area contributed by atoms with Gasteiger partial charge in [-0.1, -0.05) is 19.1 Å². The molecule has 1 aromatic carbocycles. The van der Waals surface area contributed by atoms with Crippen molar-refractivity contribution in [3.8, 4) is 0 Å². The standard InChI is InChI=1S/C15H21NO3S/c1-3-12-5-7-13(8-6-12)15(17)16(4-2)14-9-10-20(18,19)11-14/h5-8,14H,3-4,9-11H2,1-2H3/t14-/m0/s1.